The third-order valence-corrected chi connectivity index (χ3v) is 4.91. The lowest BCUT2D eigenvalue weighted by atomic mass is 10.1. The van der Waals surface area contributed by atoms with Gasteiger partial charge in [-0.05, 0) is 87.7 Å². The van der Waals surface area contributed by atoms with Crippen LogP contribution in [-0.4, -0.2) is 48.2 Å². The zero-order valence-corrected chi connectivity index (χ0v) is 18.3. The fourth-order valence-corrected chi connectivity index (χ4v) is 3.22. The maximum absolute atomic E-state index is 12.3. The third kappa shape index (κ3) is 6.57. The van der Waals surface area contributed by atoms with Crippen LogP contribution in [0.4, 0.5) is 0 Å². The average Bonchev–Trinajstić information content (AvgIpc) is 3.31. The van der Waals surface area contributed by atoms with Crippen molar-refractivity contribution in [3.05, 3.63) is 59.7 Å². The highest BCUT2D eigenvalue weighted by atomic mass is 16.5. The molecule has 1 heterocycles. The van der Waals surface area contributed by atoms with E-state index in [1.165, 1.54) is 0 Å². The van der Waals surface area contributed by atoms with Crippen molar-refractivity contribution >= 4 is 17.5 Å². The third-order valence-electron chi connectivity index (χ3n) is 4.91. The van der Waals surface area contributed by atoms with Gasteiger partial charge in [0.15, 0.2) is 6.61 Å². The number of hydrogen-bond acceptors (Lipinski definition) is 5. The molecule has 164 valence electrons. The van der Waals surface area contributed by atoms with Gasteiger partial charge < -0.3 is 14.4 Å². The molecule has 1 saturated heterocycles. The lowest BCUT2D eigenvalue weighted by molar-refractivity contribution is -0.132. The largest absolute Gasteiger partial charge is 0.491 e. The Morgan fingerprint density at radius 3 is 2.16 bits per heavy atom. The Bertz CT molecular complexity index is 915. The molecule has 1 N–H and O–H groups in total. The highest BCUT2D eigenvalue weighted by Gasteiger charge is 2.18. The van der Waals surface area contributed by atoms with Gasteiger partial charge in [0, 0.05) is 18.7 Å². The van der Waals surface area contributed by atoms with E-state index >= 15 is 0 Å². The molecule has 1 aliphatic heterocycles. The Morgan fingerprint density at radius 2 is 1.55 bits per heavy atom. The minimum atomic E-state index is -0.296. The first-order valence-corrected chi connectivity index (χ1v) is 10.5. The zero-order chi connectivity index (χ0) is 22.2. The number of amides is 2. The molecule has 0 atom stereocenters. The monoisotopic (exact) mass is 423 g/mol. The van der Waals surface area contributed by atoms with E-state index in [-0.39, 0.29) is 24.5 Å². The Kier molecular flexibility index (Phi) is 7.65. The molecule has 1 fully saturated rings. The number of nitrogens with zero attached hydrogens (tertiary/aromatic N) is 2. The summed E-state index contributed by atoms with van der Waals surface area (Å²) >= 11 is 0. The van der Waals surface area contributed by atoms with Crippen LogP contribution >= 0.6 is 0 Å². The van der Waals surface area contributed by atoms with Crippen molar-refractivity contribution in [2.75, 3.05) is 19.7 Å². The maximum Gasteiger partial charge on any atom is 0.271 e. The van der Waals surface area contributed by atoms with Crippen LogP contribution in [0.2, 0.25) is 0 Å². The van der Waals surface area contributed by atoms with Crippen molar-refractivity contribution in [1.82, 2.24) is 10.3 Å². The highest BCUT2D eigenvalue weighted by Crippen LogP contribution is 2.15. The zero-order valence-electron chi connectivity index (χ0n) is 18.3. The average molecular weight is 424 g/mol. The summed E-state index contributed by atoms with van der Waals surface area (Å²) in [5.74, 6) is 1.06. The van der Waals surface area contributed by atoms with Gasteiger partial charge in [-0.2, -0.15) is 5.10 Å². The Balaban J connectivity index is 1.51. The Labute approximate surface area is 183 Å². The van der Waals surface area contributed by atoms with E-state index in [2.05, 4.69) is 10.5 Å². The second-order valence-corrected chi connectivity index (χ2v) is 7.73. The molecule has 0 saturated carbocycles. The van der Waals surface area contributed by atoms with Gasteiger partial charge in [0.25, 0.3) is 11.8 Å². The van der Waals surface area contributed by atoms with Crippen molar-refractivity contribution < 1.29 is 19.1 Å². The molecule has 1 aliphatic rings. The second-order valence-electron chi connectivity index (χ2n) is 7.73. The molecule has 2 aromatic carbocycles. The van der Waals surface area contributed by atoms with E-state index in [0.717, 1.165) is 37.2 Å². The van der Waals surface area contributed by atoms with Crippen LogP contribution in [0, 0.1) is 0 Å². The van der Waals surface area contributed by atoms with Crippen LogP contribution < -0.4 is 14.9 Å². The van der Waals surface area contributed by atoms with E-state index in [1.807, 2.05) is 37.8 Å². The smallest absolute Gasteiger partial charge is 0.271 e. The Morgan fingerprint density at radius 1 is 0.968 bits per heavy atom. The van der Waals surface area contributed by atoms with Gasteiger partial charge in [0.1, 0.15) is 11.5 Å². The number of ether oxygens (including phenoxy) is 2. The van der Waals surface area contributed by atoms with Crippen LogP contribution in [-0.2, 0) is 4.79 Å². The molecule has 3 rings (SSSR count). The number of benzene rings is 2. The van der Waals surface area contributed by atoms with Crippen molar-refractivity contribution in [3.63, 3.8) is 0 Å². The standard InChI is InChI=1S/C24H29N3O4/c1-17(2)31-22-12-8-20(9-13-22)24(29)26-25-18(3)19-6-10-21(11-7-19)30-16-23(28)27-14-4-5-15-27/h6-13,17H,4-5,14-16H2,1-3H3,(H,26,29)/b25-18-. The molecule has 0 aromatic heterocycles. The highest BCUT2D eigenvalue weighted by molar-refractivity contribution is 6.00. The summed E-state index contributed by atoms with van der Waals surface area (Å²) in [5, 5.41) is 4.18. The van der Waals surface area contributed by atoms with Crippen molar-refractivity contribution in [2.45, 2.75) is 39.7 Å². The molecular weight excluding hydrogens is 394 g/mol. The SMILES string of the molecule is C/C(=N/NC(=O)c1ccc(OC(C)C)cc1)c1ccc(OCC(=O)N2CCCC2)cc1. The Hall–Kier alpha value is -3.35. The molecule has 0 spiro atoms. The van der Waals surface area contributed by atoms with Crippen LogP contribution in [0.15, 0.2) is 53.6 Å². The van der Waals surface area contributed by atoms with E-state index in [1.54, 1.807) is 36.4 Å². The summed E-state index contributed by atoms with van der Waals surface area (Å²) in [6.07, 6.45) is 2.20. The van der Waals surface area contributed by atoms with Gasteiger partial charge in [-0.3, -0.25) is 9.59 Å². The first kappa shape index (κ1) is 22.3. The summed E-state index contributed by atoms with van der Waals surface area (Å²) in [4.78, 5) is 26.2. The van der Waals surface area contributed by atoms with Crippen molar-refractivity contribution in [2.24, 2.45) is 5.10 Å². The van der Waals surface area contributed by atoms with Gasteiger partial charge in [0.2, 0.25) is 0 Å². The molecule has 7 heteroatoms. The summed E-state index contributed by atoms with van der Waals surface area (Å²) in [6, 6.07) is 14.2. The molecule has 31 heavy (non-hydrogen) atoms. The number of hydrogen-bond donors (Lipinski definition) is 1. The first-order chi connectivity index (χ1) is 14.9. The van der Waals surface area contributed by atoms with Gasteiger partial charge in [-0.15, -0.1) is 0 Å². The van der Waals surface area contributed by atoms with Gasteiger partial charge in [-0.25, -0.2) is 5.43 Å². The minimum absolute atomic E-state index is 0.0193. The number of nitrogens with one attached hydrogen (secondary N) is 1. The van der Waals surface area contributed by atoms with Crippen LogP contribution in [0.5, 0.6) is 11.5 Å². The molecule has 0 radical (unpaired) electrons. The van der Waals surface area contributed by atoms with Gasteiger partial charge in [-0.1, -0.05) is 0 Å². The lowest BCUT2D eigenvalue weighted by Gasteiger charge is -2.15. The van der Waals surface area contributed by atoms with E-state index in [9.17, 15) is 9.59 Å². The van der Waals surface area contributed by atoms with E-state index < -0.39 is 0 Å². The molecule has 2 aromatic rings. The lowest BCUT2D eigenvalue weighted by Crippen LogP contribution is -2.32. The number of carbonyl (C=O) groups excluding carboxylic acids is 2. The predicted octanol–water partition coefficient (Wildman–Crippen LogP) is 3.63. The van der Waals surface area contributed by atoms with E-state index in [4.69, 9.17) is 9.47 Å². The fraction of sp³-hybridized carbons (Fsp3) is 0.375. The minimum Gasteiger partial charge on any atom is -0.491 e. The molecule has 0 unspecified atom stereocenters. The van der Waals surface area contributed by atoms with Gasteiger partial charge in [0.05, 0.1) is 11.8 Å². The molecule has 0 bridgehead atoms. The molecule has 7 nitrogen and oxygen atoms in total. The van der Waals surface area contributed by atoms with Crippen LogP contribution in [0.25, 0.3) is 0 Å². The number of likely N-dealkylation sites (tertiary alicyclic amines) is 1. The summed E-state index contributed by atoms with van der Waals surface area (Å²) in [7, 11) is 0. The summed E-state index contributed by atoms with van der Waals surface area (Å²) in [5.41, 5.74) is 4.58. The summed E-state index contributed by atoms with van der Waals surface area (Å²) in [6.45, 7) is 7.39. The van der Waals surface area contributed by atoms with Crippen molar-refractivity contribution in [3.8, 4) is 11.5 Å². The van der Waals surface area contributed by atoms with E-state index in [0.29, 0.717) is 17.0 Å². The molecule has 0 aliphatic carbocycles. The topological polar surface area (TPSA) is 80.2 Å². The van der Waals surface area contributed by atoms with Gasteiger partial charge >= 0.3 is 0 Å². The predicted molar refractivity (Wildman–Crippen MR) is 120 cm³/mol. The normalized spacial score (nSPS) is 13.9. The quantitative estimate of drug-likeness (QED) is 0.519. The maximum atomic E-state index is 12.3. The number of rotatable bonds is 8. The molecular formula is C24H29N3O4. The second kappa shape index (κ2) is 10.6. The fourth-order valence-electron chi connectivity index (χ4n) is 3.22. The van der Waals surface area contributed by atoms with Crippen molar-refractivity contribution in [1.29, 1.82) is 0 Å². The van der Waals surface area contributed by atoms with Crippen LogP contribution in [0.3, 0.4) is 0 Å². The number of hydrazone groups is 1. The summed E-state index contributed by atoms with van der Waals surface area (Å²) < 4.78 is 11.2. The van der Waals surface area contributed by atoms with Crippen LogP contribution in [0.1, 0.15) is 49.5 Å². The number of carbonyl (C=O) groups is 2. The first-order valence-electron chi connectivity index (χ1n) is 10.5. The molecule has 2 amide bonds.